The topological polar surface area (TPSA) is 142 Å². The van der Waals surface area contributed by atoms with Crippen LogP contribution in [0.15, 0.2) is 0 Å². The molecule has 1 aliphatic rings. The second kappa shape index (κ2) is 4.59. The number of rotatable bonds is 7. The number of hydrogen-bond acceptors (Lipinski definition) is 7. The van der Waals surface area contributed by atoms with E-state index >= 15 is 0 Å². The van der Waals surface area contributed by atoms with Gasteiger partial charge in [0.1, 0.15) is 13.2 Å². The minimum Gasteiger partial charge on any atom is -0.481 e. The fourth-order valence-electron chi connectivity index (χ4n) is 1.56. The van der Waals surface area contributed by atoms with Gasteiger partial charge in [0.2, 0.25) is 0 Å². The van der Waals surface area contributed by atoms with Gasteiger partial charge in [0.15, 0.2) is 0 Å². The summed E-state index contributed by atoms with van der Waals surface area (Å²) < 4.78 is 0. The molecule has 0 spiro atoms. The molecule has 0 heterocycles. The van der Waals surface area contributed by atoms with Gasteiger partial charge in [-0.1, -0.05) is 0 Å². The minimum absolute atomic E-state index is 0.393. The Morgan fingerprint density at radius 2 is 1.50 bits per heavy atom. The van der Waals surface area contributed by atoms with Crippen LogP contribution in [0.4, 0.5) is 0 Å². The average Bonchev–Trinajstić information content (AvgIpc) is 2.84. The zero-order valence-corrected chi connectivity index (χ0v) is 7.85. The minimum atomic E-state index is -1.17. The average molecular weight is 236 g/mol. The first-order chi connectivity index (χ1) is 7.43. The molecule has 3 atom stereocenters. The van der Waals surface area contributed by atoms with Crippen LogP contribution in [0.1, 0.15) is 0 Å². The van der Waals surface area contributed by atoms with E-state index in [4.69, 9.17) is 5.11 Å². The monoisotopic (exact) mass is 236 g/mol. The van der Waals surface area contributed by atoms with Crippen LogP contribution >= 0.6 is 0 Å². The van der Waals surface area contributed by atoms with Gasteiger partial charge in [-0.2, -0.15) is 0 Å². The van der Waals surface area contributed by atoms with Crippen LogP contribution in [-0.2, 0) is 14.5 Å². The molecule has 0 radical (unpaired) electrons. The predicted molar refractivity (Wildman–Crippen MR) is 44.0 cm³/mol. The lowest BCUT2D eigenvalue weighted by molar-refractivity contribution is -0.761. The molecule has 10 nitrogen and oxygen atoms in total. The van der Waals surface area contributed by atoms with Crippen molar-refractivity contribution in [2.75, 3.05) is 13.2 Å². The maximum atomic E-state index is 10.6. The summed E-state index contributed by atoms with van der Waals surface area (Å²) in [5.74, 6) is -3.31. The van der Waals surface area contributed by atoms with E-state index in [0.717, 1.165) is 0 Å². The largest absolute Gasteiger partial charge is 0.481 e. The van der Waals surface area contributed by atoms with Crippen LogP contribution < -0.4 is 0 Å². The van der Waals surface area contributed by atoms with E-state index in [0.29, 0.717) is 0 Å². The highest BCUT2D eigenvalue weighted by atomic mass is 17.0. The highest BCUT2D eigenvalue weighted by Crippen LogP contribution is 2.46. The molecule has 1 saturated carbocycles. The smallest absolute Gasteiger partial charge is 0.307 e. The summed E-state index contributed by atoms with van der Waals surface area (Å²) in [5.41, 5.74) is 0. The number of nitrogens with zero attached hydrogens (tertiary/aromatic N) is 2. The Bertz CT molecular complexity index is 294. The molecule has 0 aliphatic heterocycles. The van der Waals surface area contributed by atoms with Crippen LogP contribution in [0.5, 0.6) is 0 Å². The second-order valence-electron chi connectivity index (χ2n) is 3.23. The molecule has 1 rings (SSSR count). The van der Waals surface area contributed by atoms with Crippen molar-refractivity contribution in [2.45, 2.75) is 0 Å². The van der Waals surface area contributed by atoms with Gasteiger partial charge in [-0.15, -0.1) is 20.2 Å². The highest BCUT2D eigenvalue weighted by molar-refractivity contribution is 5.74. The normalized spacial score (nSPS) is 26.9. The molecule has 90 valence electrons. The van der Waals surface area contributed by atoms with E-state index in [2.05, 4.69) is 9.68 Å². The van der Waals surface area contributed by atoms with Gasteiger partial charge in [0.25, 0.3) is 10.2 Å². The van der Waals surface area contributed by atoms with Crippen LogP contribution in [-0.4, -0.2) is 34.5 Å². The molecule has 16 heavy (non-hydrogen) atoms. The number of carboxylic acid groups (broad SMARTS) is 1. The number of hydrogen-bond donors (Lipinski definition) is 1. The Hall–Kier alpha value is -2.13. The van der Waals surface area contributed by atoms with E-state index in [9.17, 15) is 25.0 Å². The Morgan fingerprint density at radius 3 is 1.75 bits per heavy atom. The number of carboxylic acids is 1. The quantitative estimate of drug-likeness (QED) is 0.453. The molecule has 0 amide bonds. The van der Waals surface area contributed by atoms with E-state index < -0.39 is 47.1 Å². The molecule has 1 aliphatic carbocycles. The van der Waals surface area contributed by atoms with Gasteiger partial charge >= 0.3 is 5.97 Å². The molecular weight excluding hydrogens is 228 g/mol. The summed E-state index contributed by atoms with van der Waals surface area (Å²) in [6.45, 7) is -0.786. The molecule has 0 aromatic carbocycles. The number of carbonyl (C=O) groups is 1. The third-order valence-corrected chi connectivity index (χ3v) is 2.36. The van der Waals surface area contributed by atoms with Crippen LogP contribution in [0, 0.1) is 38.0 Å². The fourth-order valence-corrected chi connectivity index (χ4v) is 1.56. The third-order valence-electron chi connectivity index (χ3n) is 2.36. The summed E-state index contributed by atoms with van der Waals surface area (Å²) >= 11 is 0. The zero-order chi connectivity index (χ0) is 12.3. The molecule has 1 fully saturated rings. The summed E-state index contributed by atoms with van der Waals surface area (Å²) in [6.07, 6.45) is 0. The molecule has 1 N–H and O–H groups in total. The van der Waals surface area contributed by atoms with Gasteiger partial charge in [-0.25, -0.2) is 0 Å². The summed E-state index contributed by atoms with van der Waals surface area (Å²) in [7, 11) is 0. The first-order valence-corrected chi connectivity index (χ1v) is 4.21. The molecule has 0 aromatic heterocycles. The summed E-state index contributed by atoms with van der Waals surface area (Å²) in [6, 6.07) is 0. The Morgan fingerprint density at radius 1 is 1.12 bits per heavy atom. The Balaban J connectivity index is 2.40. The lowest BCUT2D eigenvalue weighted by atomic mass is 10.3. The van der Waals surface area contributed by atoms with E-state index in [1.807, 2.05) is 0 Å². The van der Waals surface area contributed by atoms with E-state index in [-0.39, 0.29) is 0 Å². The first kappa shape index (κ1) is 11.9. The van der Waals surface area contributed by atoms with Gasteiger partial charge in [-0.05, 0) is 0 Å². The molecule has 0 aromatic rings. The van der Waals surface area contributed by atoms with Gasteiger partial charge < -0.3 is 14.8 Å². The van der Waals surface area contributed by atoms with Crippen molar-refractivity contribution in [2.24, 2.45) is 17.8 Å². The lowest BCUT2D eigenvalue weighted by Gasteiger charge is -1.97. The van der Waals surface area contributed by atoms with Gasteiger partial charge in [-0.3, -0.25) is 4.79 Å². The lowest BCUT2D eigenvalue weighted by Crippen LogP contribution is -2.08. The second-order valence-corrected chi connectivity index (χ2v) is 3.23. The standard InChI is InChI=1S/C6H8N2O8/c9-6(10)5-3(1-15-7(11)12)4(5)2-16-8(13)14/h3-5H,1-2H2,(H,9,10)/t3-,4+,5+. The molecule has 0 unspecified atom stereocenters. The highest BCUT2D eigenvalue weighted by Gasteiger charge is 2.55. The van der Waals surface area contributed by atoms with Crippen LogP contribution in [0.25, 0.3) is 0 Å². The van der Waals surface area contributed by atoms with Crippen LogP contribution in [0.2, 0.25) is 0 Å². The first-order valence-electron chi connectivity index (χ1n) is 4.21. The third kappa shape index (κ3) is 2.93. The maximum Gasteiger partial charge on any atom is 0.307 e. The van der Waals surface area contributed by atoms with Gasteiger partial charge in [0.05, 0.1) is 5.92 Å². The van der Waals surface area contributed by atoms with E-state index in [1.54, 1.807) is 0 Å². The maximum absolute atomic E-state index is 10.6. The SMILES string of the molecule is O=C(O)[C@H]1[C@H](CO[N+](=O)[O-])[C@@H]1CO[N+](=O)[O-]. The predicted octanol–water partition coefficient (Wildman–Crippen LogP) is -0.650. The Kier molecular flexibility index (Phi) is 3.43. The summed E-state index contributed by atoms with van der Waals surface area (Å²) in [4.78, 5) is 38.4. The van der Waals surface area contributed by atoms with Gasteiger partial charge in [0, 0.05) is 11.8 Å². The molecule has 10 heteroatoms. The van der Waals surface area contributed by atoms with Crippen molar-refractivity contribution in [1.29, 1.82) is 0 Å². The van der Waals surface area contributed by atoms with Crippen molar-refractivity contribution in [3.05, 3.63) is 20.2 Å². The molecule has 0 saturated heterocycles. The molecule has 0 bridgehead atoms. The van der Waals surface area contributed by atoms with Crippen molar-refractivity contribution in [3.8, 4) is 0 Å². The Labute approximate surface area is 88.0 Å². The zero-order valence-electron chi connectivity index (χ0n) is 7.85. The summed E-state index contributed by atoms with van der Waals surface area (Å²) in [5, 5.41) is 26.4. The van der Waals surface area contributed by atoms with Crippen molar-refractivity contribution >= 4 is 5.97 Å². The fraction of sp³-hybridized carbons (Fsp3) is 0.833. The van der Waals surface area contributed by atoms with Crippen molar-refractivity contribution < 1.29 is 29.7 Å². The molecular formula is C6H8N2O8. The van der Waals surface area contributed by atoms with E-state index in [1.165, 1.54) is 0 Å². The van der Waals surface area contributed by atoms with Crippen molar-refractivity contribution in [1.82, 2.24) is 0 Å². The van der Waals surface area contributed by atoms with Crippen LogP contribution in [0.3, 0.4) is 0 Å². The number of aliphatic carboxylic acids is 1. The van der Waals surface area contributed by atoms with Crippen molar-refractivity contribution in [3.63, 3.8) is 0 Å².